The van der Waals surface area contributed by atoms with E-state index in [2.05, 4.69) is 35.9 Å². The first-order valence-corrected chi connectivity index (χ1v) is 3.82. The highest BCUT2D eigenvalue weighted by Gasteiger charge is 2.00. The fourth-order valence-electron chi connectivity index (χ4n) is 0.695. The van der Waals surface area contributed by atoms with Crippen LogP contribution in [-0.4, -0.2) is 19.9 Å². The first-order chi connectivity index (χ1) is 7.49. The van der Waals surface area contributed by atoms with E-state index in [1.54, 1.807) is 0 Å². The second kappa shape index (κ2) is 3.02. The maximum atomic E-state index is 7.59. The van der Waals surface area contributed by atoms with Gasteiger partial charge in [0.25, 0.3) is 0 Å². The second-order valence-corrected chi connectivity index (χ2v) is 2.61. The Labute approximate surface area is 82.8 Å². The number of halogens is 1. The van der Waals surface area contributed by atoms with Crippen LogP contribution in [-0.2, 0) is 0 Å². The molecular formula is C7H5BrN4. The molecule has 0 unspecified atom stereocenters. The number of nitrogens with one attached hydrogen (secondary N) is 1. The Morgan fingerprint density at radius 3 is 3.08 bits per heavy atom. The van der Waals surface area contributed by atoms with Gasteiger partial charge in [-0.1, -0.05) is 0 Å². The molecule has 2 aromatic heterocycles. The summed E-state index contributed by atoms with van der Waals surface area (Å²) >= 11 is 3.01. The molecule has 0 saturated heterocycles. The molecule has 0 radical (unpaired) electrons. The summed E-state index contributed by atoms with van der Waals surface area (Å²) in [5.41, 5.74) is 0.0962. The van der Waals surface area contributed by atoms with Crippen molar-refractivity contribution >= 4 is 15.9 Å². The van der Waals surface area contributed by atoms with Crippen molar-refractivity contribution in [2.24, 2.45) is 0 Å². The molecule has 0 fully saturated rings. The number of hydrogen-bond donors (Lipinski definition) is 1. The third-order valence-corrected chi connectivity index (χ3v) is 1.51. The van der Waals surface area contributed by atoms with Gasteiger partial charge in [-0.2, -0.15) is 0 Å². The van der Waals surface area contributed by atoms with Crippen molar-refractivity contribution in [3.8, 4) is 11.5 Å². The van der Waals surface area contributed by atoms with Crippen LogP contribution in [0, 0.1) is 0 Å². The summed E-state index contributed by atoms with van der Waals surface area (Å²) in [6, 6.07) is -0.197. The van der Waals surface area contributed by atoms with Gasteiger partial charge in [0.05, 0.1) is 5.48 Å². The van der Waals surface area contributed by atoms with E-state index >= 15 is 0 Å². The molecule has 2 rings (SSSR count). The predicted octanol–water partition coefficient (Wildman–Crippen LogP) is 1.63. The van der Waals surface area contributed by atoms with E-state index in [1.165, 1.54) is 0 Å². The van der Waals surface area contributed by atoms with Crippen molar-refractivity contribution in [2.45, 2.75) is 0 Å². The molecule has 0 amide bonds. The normalized spacial score (nSPS) is 14.8. The minimum Gasteiger partial charge on any atom is -0.343 e. The van der Waals surface area contributed by atoms with Gasteiger partial charge in [0.15, 0.2) is 10.6 Å². The third kappa shape index (κ3) is 1.35. The summed E-state index contributed by atoms with van der Waals surface area (Å²) in [4.78, 5) is 13.8. The van der Waals surface area contributed by atoms with Gasteiger partial charge < -0.3 is 4.98 Å². The van der Waals surface area contributed by atoms with E-state index < -0.39 is 0 Å². The lowest BCUT2D eigenvalue weighted by Gasteiger charge is -1.94. The minimum atomic E-state index is -0.244. The zero-order chi connectivity index (χ0) is 11.9. The summed E-state index contributed by atoms with van der Waals surface area (Å²) in [6.45, 7) is 0. The molecule has 12 heavy (non-hydrogen) atoms. The van der Waals surface area contributed by atoms with Gasteiger partial charge in [-0.05, 0) is 22.0 Å². The Kier molecular flexibility index (Phi) is 1.04. The second-order valence-electron chi connectivity index (χ2n) is 1.90. The zero-order valence-electron chi connectivity index (χ0n) is 9.72. The topological polar surface area (TPSA) is 54.5 Å². The van der Waals surface area contributed by atoms with Crippen molar-refractivity contribution in [1.82, 2.24) is 19.9 Å². The van der Waals surface area contributed by atoms with E-state index in [1.807, 2.05) is 0 Å². The van der Waals surface area contributed by atoms with Crippen LogP contribution in [0.4, 0.5) is 0 Å². The molecule has 1 N–H and O–H groups in total. The Hall–Kier alpha value is -1.23. The Morgan fingerprint density at radius 1 is 1.42 bits per heavy atom. The Balaban J connectivity index is 2.63. The maximum absolute atomic E-state index is 7.59. The first kappa shape index (κ1) is 4.13. The van der Waals surface area contributed by atoms with Gasteiger partial charge in [-0.3, -0.25) is 0 Å². The van der Waals surface area contributed by atoms with Crippen LogP contribution in [0.1, 0.15) is 5.48 Å². The lowest BCUT2D eigenvalue weighted by atomic mass is 10.4. The van der Waals surface area contributed by atoms with Crippen molar-refractivity contribution < 1.29 is 5.48 Å². The number of aromatic amines is 1. The number of nitrogens with zero attached hydrogens (tertiary/aromatic N) is 3. The van der Waals surface area contributed by atoms with Gasteiger partial charge in [0, 0.05) is 18.5 Å². The molecule has 0 atom stereocenters. The molecule has 5 heteroatoms. The summed E-state index contributed by atoms with van der Waals surface area (Å²) < 4.78 is 29.7. The summed E-state index contributed by atoms with van der Waals surface area (Å²) in [5, 5.41) is 0. The van der Waals surface area contributed by atoms with Crippen molar-refractivity contribution in [1.29, 1.82) is 0 Å². The van der Waals surface area contributed by atoms with Gasteiger partial charge in [-0.25, -0.2) is 15.0 Å². The van der Waals surface area contributed by atoms with E-state index in [0.717, 1.165) is 0 Å². The number of imidazole rings is 1. The summed E-state index contributed by atoms with van der Waals surface area (Å²) in [6.07, 6.45) is -0.627. The number of H-pyrrole nitrogens is 1. The fourth-order valence-corrected chi connectivity index (χ4v) is 0.961. The lowest BCUT2D eigenvalue weighted by molar-refractivity contribution is 1.09. The van der Waals surface area contributed by atoms with E-state index in [0.29, 0.717) is 0 Å². The van der Waals surface area contributed by atoms with Crippen molar-refractivity contribution in [2.75, 3.05) is 0 Å². The van der Waals surface area contributed by atoms with Gasteiger partial charge in [0.1, 0.15) is 5.69 Å². The number of aromatic nitrogens is 4. The molecule has 0 aliphatic rings. The van der Waals surface area contributed by atoms with Crippen LogP contribution >= 0.6 is 15.9 Å². The third-order valence-electron chi connectivity index (χ3n) is 1.16. The standard InChI is InChI=1S/C7H5BrN4/c8-7-11-2-1-5(12-7)6-9-3-4-10-6/h1-4H,(H,9,10)/i1D,2D,3D,4D. The average molecular weight is 229 g/mol. The summed E-state index contributed by atoms with van der Waals surface area (Å²) in [7, 11) is 0. The summed E-state index contributed by atoms with van der Waals surface area (Å²) in [5.74, 6) is 0.122. The van der Waals surface area contributed by atoms with Crippen molar-refractivity contribution in [3.63, 3.8) is 0 Å². The quantitative estimate of drug-likeness (QED) is 0.756. The van der Waals surface area contributed by atoms with Crippen LogP contribution in [0.15, 0.2) is 29.3 Å². The molecule has 4 nitrogen and oxygen atoms in total. The molecule has 0 saturated carbocycles. The first-order valence-electron chi connectivity index (χ1n) is 5.03. The molecular weight excluding hydrogens is 220 g/mol. The van der Waals surface area contributed by atoms with Crippen LogP contribution in [0.2, 0.25) is 0 Å². The highest BCUT2D eigenvalue weighted by molar-refractivity contribution is 9.10. The maximum Gasteiger partial charge on any atom is 0.197 e. The molecule has 2 aromatic rings. The van der Waals surface area contributed by atoms with Gasteiger partial charge >= 0.3 is 0 Å². The van der Waals surface area contributed by atoms with Crippen LogP contribution in [0.25, 0.3) is 11.5 Å². The largest absolute Gasteiger partial charge is 0.343 e. The van der Waals surface area contributed by atoms with E-state index in [9.17, 15) is 0 Å². The van der Waals surface area contributed by atoms with E-state index in [4.69, 9.17) is 5.48 Å². The van der Waals surface area contributed by atoms with Crippen LogP contribution < -0.4 is 0 Å². The molecule has 0 aliphatic carbocycles. The molecule has 0 spiro atoms. The molecule has 0 aromatic carbocycles. The molecule has 0 bridgehead atoms. The Bertz CT molecular complexity index is 536. The lowest BCUT2D eigenvalue weighted by Crippen LogP contribution is -1.87. The van der Waals surface area contributed by atoms with Gasteiger partial charge in [-0.15, -0.1) is 0 Å². The van der Waals surface area contributed by atoms with E-state index in [-0.39, 0.29) is 40.8 Å². The molecule has 60 valence electrons. The molecule has 2 heterocycles. The van der Waals surface area contributed by atoms with Crippen LogP contribution in [0.3, 0.4) is 0 Å². The predicted molar refractivity (Wildman–Crippen MR) is 47.3 cm³/mol. The minimum absolute atomic E-state index is 0.0962. The highest BCUT2D eigenvalue weighted by Crippen LogP contribution is 2.11. The van der Waals surface area contributed by atoms with Crippen molar-refractivity contribution in [3.05, 3.63) is 29.3 Å². The molecule has 0 aliphatic heterocycles. The zero-order valence-corrected chi connectivity index (χ0v) is 7.31. The number of hydrogen-bond acceptors (Lipinski definition) is 3. The monoisotopic (exact) mass is 228 g/mol. The smallest absolute Gasteiger partial charge is 0.197 e. The highest BCUT2D eigenvalue weighted by atomic mass is 79.9. The van der Waals surface area contributed by atoms with Gasteiger partial charge in [0.2, 0.25) is 0 Å². The SMILES string of the molecule is [2H]c1nc(-c2nc(Br)nc([2H])c2[2H])[nH]c1[2H]. The number of rotatable bonds is 1. The Morgan fingerprint density at radius 2 is 2.33 bits per heavy atom. The average Bonchev–Trinajstić information content (AvgIpc) is 2.53. The van der Waals surface area contributed by atoms with Crippen LogP contribution in [0.5, 0.6) is 0 Å². The fraction of sp³-hybridized carbons (Fsp3) is 0.